The van der Waals surface area contributed by atoms with Crippen molar-refractivity contribution in [2.75, 3.05) is 13.2 Å². The lowest BCUT2D eigenvalue weighted by Gasteiger charge is -2.13. The van der Waals surface area contributed by atoms with Crippen LogP contribution in [0.2, 0.25) is 0 Å². The zero-order chi connectivity index (χ0) is 13.8. The van der Waals surface area contributed by atoms with Gasteiger partial charge in [-0.1, -0.05) is 12.1 Å². The number of aliphatic hydroxyl groups is 1. The fourth-order valence-electron chi connectivity index (χ4n) is 2.15. The van der Waals surface area contributed by atoms with E-state index in [9.17, 15) is 5.11 Å². The van der Waals surface area contributed by atoms with Gasteiger partial charge in [-0.2, -0.15) is 0 Å². The molecular weight excluding hydrogens is 240 g/mol. The van der Waals surface area contributed by atoms with E-state index in [1.54, 1.807) is 12.1 Å². The molecule has 2 rings (SSSR count). The Labute approximate surface area is 113 Å². The Balaban J connectivity index is 2.36. The van der Waals surface area contributed by atoms with Crippen LogP contribution in [0.1, 0.15) is 11.1 Å². The van der Waals surface area contributed by atoms with E-state index in [-0.39, 0.29) is 12.4 Å². The molecule has 19 heavy (non-hydrogen) atoms. The molecule has 100 valence electrons. The Kier molecular flexibility index (Phi) is 4.07. The maximum Gasteiger partial charge on any atom is 0.125 e. The minimum atomic E-state index is 0.0125. The summed E-state index contributed by atoms with van der Waals surface area (Å²) < 4.78 is 5.54. The highest BCUT2D eigenvalue weighted by Gasteiger charge is 2.07. The van der Waals surface area contributed by atoms with Crippen molar-refractivity contribution < 1.29 is 14.9 Å². The van der Waals surface area contributed by atoms with E-state index in [0.717, 1.165) is 28.0 Å². The van der Waals surface area contributed by atoms with Crippen molar-refractivity contribution in [3.05, 3.63) is 47.5 Å². The number of hydrogen-bond acceptors (Lipinski definition) is 3. The van der Waals surface area contributed by atoms with Crippen molar-refractivity contribution in [1.82, 2.24) is 0 Å². The van der Waals surface area contributed by atoms with Crippen LogP contribution in [-0.4, -0.2) is 23.4 Å². The Morgan fingerprint density at radius 2 is 1.53 bits per heavy atom. The van der Waals surface area contributed by atoms with Gasteiger partial charge in [0.2, 0.25) is 0 Å². The molecule has 0 spiro atoms. The summed E-state index contributed by atoms with van der Waals surface area (Å²) in [5.41, 5.74) is 4.22. The molecule has 0 aliphatic carbocycles. The van der Waals surface area contributed by atoms with E-state index in [2.05, 4.69) is 0 Å². The van der Waals surface area contributed by atoms with E-state index in [1.165, 1.54) is 0 Å². The third kappa shape index (κ3) is 3.06. The smallest absolute Gasteiger partial charge is 0.125 e. The van der Waals surface area contributed by atoms with E-state index in [4.69, 9.17) is 9.84 Å². The number of ether oxygens (including phenoxy) is 1. The van der Waals surface area contributed by atoms with Crippen molar-refractivity contribution in [2.24, 2.45) is 0 Å². The van der Waals surface area contributed by atoms with Gasteiger partial charge in [0.15, 0.2) is 0 Å². The Morgan fingerprint density at radius 3 is 2.05 bits per heavy atom. The third-order valence-corrected chi connectivity index (χ3v) is 3.00. The highest BCUT2D eigenvalue weighted by molar-refractivity contribution is 5.67. The number of phenols is 1. The number of hydrogen-bond donors (Lipinski definition) is 2. The average molecular weight is 258 g/mol. The highest BCUT2D eigenvalue weighted by atomic mass is 16.5. The van der Waals surface area contributed by atoms with Crippen molar-refractivity contribution in [3.8, 4) is 22.6 Å². The third-order valence-electron chi connectivity index (χ3n) is 3.00. The second-order valence-corrected chi connectivity index (χ2v) is 4.56. The van der Waals surface area contributed by atoms with Gasteiger partial charge in [0.1, 0.15) is 18.1 Å². The minimum absolute atomic E-state index is 0.0125. The molecule has 0 amide bonds. The van der Waals surface area contributed by atoms with E-state index in [1.807, 2.05) is 38.1 Å². The maximum atomic E-state index is 9.31. The van der Waals surface area contributed by atoms with Crippen LogP contribution in [-0.2, 0) is 0 Å². The second kappa shape index (κ2) is 5.76. The zero-order valence-corrected chi connectivity index (χ0v) is 11.2. The highest BCUT2D eigenvalue weighted by Crippen LogP contribution is 2.30. The van der Waals surface area contributed by atoms with E-state index >= 15 is 0 Å². The van der Waals surface area contributed by atoms with Gasteiger partial charge in [0.05, 0.1) is 6.61 Å². The van der Waals surface area contributed by atoms with Crippen molar-refractivity contribution in [2.45, 2.75) is 13.8 Å². The summed E-state index contributed by atoms with van der Waals surface area (Å²) in [6.45, 7) is 4.30. The fraction of sp³-hybridized carbons (Fsp3) is 0.250. The van der Waals surface area contributed by atoms with Gasteiger partial charge in [-0.15, -0.1) is 0 Å². The second-order valence-electron chi connectivity index (χ2n) is 4.56. The predicted molar refractivity (Wildman–Crippen MR) is 75.6 cm³/mol. The normalized spacial score (nSPS) is 10.5. The maximum absolute atomic E-state index is 9.31. The van der Waals surface area contributed by atoms with Crippen LogP contribution >= 0.6 is 0 Å². The Hall–Kier alpha value is -2.00. The Morgan fingerprint density at radius 1 is 0.947 bits per heavy atom. The molecule has 2 aromatic rings. The number of phenolic OH excluding ortho intramolecular Hbond substituents is 1. The first-order valence-corrected chi connectivity index (χ1v) is 6.26. The fourth-order valence-corrected chi connectivity index (χ4v) is 2.15. The van der Waals surface area contributed by atoms with Crippen LogP contribution in [0.25, 0.3) is 11.1 Å². The van der Waals surface area contributed by atoms with Gasteiger partial charge in [0, 0.05) is 0 Å². The molecule has 0 aliphatic heterocycles. The summed E-state index contributed by atoms with van der Waals surface area (Å²) in [4.78, 5) is 0. The minimum Gasteiger partial charge on any atom is -0.508 e. The summed E-state index contributed by atoms with van der Waals surface area (Å²) in [5.74, 6) is 1.09. The number of rotatable bonds is 4. The molecule has 0 fully saturated rings. The SMILES string of the molecule is Cc1cc(-c2ccc(O)cc2)cc(C)c1OCCO. The van der Waals surface area contributed by atoms with Crippen LogP contribution < -0.4 is 4.74 Å². The molecule has 0 aromatic heterocycles. The van der Waals surface area contributed by atoms with Gasteiger partial charge in [-0.05, 0) is 60.4 Å². The molecule has 2 N–H and O–H groups in total. The molecule has 0 saturated carbocycles. The monoisotopic (exact) mass is 258 g/mol. The largest absolute Gasteiger partial charge is 0.508 e. The number of aromatic hydroxyl groups is 1. The van der Waals surface area contributed by atoms with Gasteiger partial charge in [-0.25, -0.2) is 0 Å². The molecule has 0 bridgehead atoms. The first-order valence-electron chi connectivity index (χ1n) is 6.26. The molecule has 3 heteroatoms. The summed E-state index contributed by atoms with van der Waals surface area (Å²) in [6, 6.07) is 11.2. The van der Waals surface area contributed by atoms with Gasteiger partial charge < -0.3 is 14.9 Å². The predicted octanol–water partition coefficient (Wildman–Crippen LogP) is 3.05. The van der Waals surface area contributed by atoms with Gasteiger partial charge in [0.25, 0.3) is 0 Å². The first kappa shape index (κ1) is 13.4. The summed E-state index contributed by atoms with van der Waals surface area (Å²) in [6.07, 6.45) is 0. The lowest BCUT2D eigenvalue weighted by molar-refractivity contribution is 0.200. The zero-order valence-electron chi connectivity index (χ0n) is 11.2. The molecule has 2 aromatic carbocycles. The van der Waals surface area contributed by atoms with E-state index < -0.39 is 0 Å². The van der Waals surface area contributed by atoms with E-state index in [0.29, 0.717) is 6.61 Å². The molecule has 0 aliphatic rings. The summed E-state index contributed by atoms with van der Waals surface area (Å²) in [7, 11) is 0. The number of aliphatic hydroxyl groups excluding tert-OH is 1. The van der Waals surface area contributed by atoms with Crippen molar-refractivity contribution in [3.63, 3.8) is 0 Å². The molecule has 0 saturated heterocycles. The van der Waals surface area contributed by atoms with Crippen molar-refractivity contribution in [1.29, 1.82) is 0 Å². The van der Waals surface area contributed by atoms with Crippen LogP contribution in [0.5, 0.6) is 11.5 Å². The van der Waals surface area contributed by atoms with Gasteiger partial charge in [-0.3, -0.25) is 0 Å². The molecule has 0 heterocycles. The van der Waals surface area contributed by atoms with Crippen molar-refractivity contribution >= 4 is 0 Å². The summed E-state index contributed by atoms with van der Waals surface area (Å²) in [5, 5.41) is 18.1. The lowest BCUT2D eigenvalue weighted by Crippen LogP contribution is -2.04. The lowest BCUT2D eigenvalue weighted by atomic mass is 9.99. The van der Waals surface area contributed by atoms with Crippen LogP contribution in [0.3, 0.4) is 0 Å². The van der Waals surface area contributed by atoms with Crippen LogP contribution in [0, 0.1) is 13.8 Å². The van der Waals surface area contributed by atoms with Gasteiger partial charge >= 0.3 is 0 Å². The molecule has 0 atom stereocenters. The summed E-state index contributed by atoms with van der Waals surface area (Å²) >= 11 is 0. The molecular formula is C16H18O3. The van der Waals surface area contributed by atoms with Crippen LogP contribution in [0.4, 0.5) is 0 Å². The number of aryl methyl sites for hydroxylation is 2. The van der Waals surface area contributed by atoms with Crippen LogP contribution in [0.15, 0.2) is 36.4 Å². The number of benzene rings is 2. The average Bonchev–Trinajstić information content (AvgIpc) is 2.38. The topological polar surface area (TPSA) is 49.7 Å². The first-order chi connectivity index (χ1) is 9.11. The Bertz CT molecular complexity index is 536. The molecule has 3 nitrogen and oxygen atoms in total. The standard InChI is InChI=1S/C16H18O3/c1-11-9-14(13-3-5-15(18)6-4-13)10-12(2)16(11)19-8-7-17/h3-6,9-10,17-18H,7-8H2,1-2H3. The quantitative estimate of drug-likeness (QED) is 0.886. The molecule has 0 radical (unpaired) electrons. The molecule has 0 unspecified atom stereocenters.